The fourth-order valence-electron chi connectivity index (χ4n) is 2.89. The first-order valence-electron chi connectivity index (χ1n) is 9.01. The number of anilines is 1. The Balaban J connectivity index is 1.66. The minimum absolute atomic E-state index is 0.0471. The monoisotopic (exact) mass is 347 g/mol. The van der Waals surface area contributed by atoms with E-state index in [0.717, 1.165) is 18.5 Å². The van der Waals surface area contributed by atoms with Crippen molar-refractivity contribution in [1.29, 1.82) is 0 Å². The van der Waals surface area contributed by atoms with Gasteiger partial charge in [-0.2, -0.15) is 0 Å². The predicted octanol–water partition coefficient (Wildman–Crippen LogP) is 2.84. The lowest BCUT2D eigenvalue weighted by molar-refractivity contribution is -0.121. The van der Waals surface area contributed by atoms with Gasteiger partial charge in [-0.25, -0.2) is 4.79 Å². The molecule has 1 saturated heterocycles. The minimum atomic E-state index is -0.259. The Morgan fingerprint density at radius 1 is 1.20 bits per heavy atom. The van der Waals surface area contributed by atoms with Crippen molar-refractivity contribution in [3.63, 3.8) is 0 Å². The maximum atomic E-state index is 12.1. The second-order valence-electron chi connectivity index (χ2n) is 6.50. The summed E-state index contributed by atoms with van der Waals surface area (Å²) in [4.78, 5) is 25.4. The number of benzene rings is 1. The Morgan fingerprint density at radius 3 is 2.56 bits per heavy atom. The molecule has 1 aliphatic rings. The number of hydrogen-bond donors (Lipinski definition) is 2. The maximum Gasteiger partial charge on any atom is 0.409 e. The van der Waals surface area contributed by atoms with Crippen LogP contribution in [0.3, 0.4) is 0 Å². The predicted molar refractivity (Wildman–Crippen MR) is 98.8 cm³/mol. The van der Waals surface area contributed by atoms with Crippen LogP contribution in [0.25, 0.3) is 0 Å². The van der Waals surface area contributed by atoms with E-state index in [-0.39, 0.29) is 18.0 Å². The average molecular weight is 347 g/mol. The Labute approximate surface area is 149 Å². The molecule has 1 aromatic rings. The molecule has 1 aliphatic heterocycles. The molecule has 0 unspecified atom stereocenters. The van der Waals surface area contributed by atoms with E-state index in [1.165, 1.54) is 11.1 Å². The van der Waals surface area contributed by atoms with Crippen molar-refractivity contribution in [3.8, 4) is 0 Å². The molecule has 138 valence electrons. The summed E-state index contributed by atoms with van der Waals surface area (Å²) < 4.78 is 5.00. The van der Waals surface area contributed by atoms with Gasteiger partial charge in [0.25, 0.3) is 0 Å². The molecule has 2 amide bonds. The van der Waals surface area contributed by atoms with Crippen LogP contribution < -0.4 is 10.6 Å². The van der Waals surface area contributed by atoms with Crippen LogP contribution in [0.15, 0.2) is 18.2 Å². The number of carbonyl (C=O) groups is 2. The highest BCUT2D eigenvalue weighted by Gasteiger charge is 2.24. The second kappa shape index (κ2) is 9.30. The van der Waals surface area contributed by atoms with Crippen molar-refractivity contribution in [2.45, 2.75) is 46.1 Å². The van der Waals surface area contributed by atoms with E-state index < -0.39 is 0 Å². The molecule has 2 rings (SSSR count). The first-order valence-corrected chi connectivity index (χ1v) is 9.01. The van der Waals surface area contributed by atoms with Gasteiger partial charge in [0.2, 0.25) is 5.91 Å². The zero-order valence-electron chi connectivity index (χ0n) is 15.4. The molecule has 6 heteroatoms. The summed E-state index contributed by atoms with van der Waals surface area (Å²) in [6.07, 6.45) is 1.72. The number of aryl methyl sites for hydroxylation is 2. The van der Waals surface area contributed by atoms with E-state index in [9.17, 15) is 9.59 Å². The van der Waals surface area contributed by atoms with E-state index >= 15 is 0 Å². The van der Waals surface area contributed by atoms with E-state index in [0.29, 0.717) is 32.7 Å². The largest absolute Gasteiger partial charge is 0.450 e. The van der Waals surface area contributed by atoms with Crippen LogP contribution in [0.5, 0.6) is 0 Å². The summed E-state index contributed by atoms with van der Waals surface area (Å²) in [6.45, 7) is 8.22. The molecule has 6 nitrogen and oxygen atoms in total. The molecule has 25 heavy (non-hydrogen) atoms. The molecule has 1 heterocycles. The van der Waals surface area contributed by atoms with Crippen LogP contribution in [-0.2, 0) is 9.53 Å². The van der Waals surface area contributed by atoms with Crippen molar-refractivity contribution in [3.05, 3.63) is 29.3 Å². The number of hydrogen-bond acceptors (Lipinski definition) is 4. The van der Waals surface area contributed by atoms with Gasteiger partial charge in [0.05, 0.1) is 6.61 Å². The molecule has 0 atom stereocenters. The molecule has 1 aromatic carbocycles. The molecule has 0 bridgehead atoms. The van der Waals surface area contributed by atoms with Gasteiger partial charge in [0.15, 0.2) is 0 Å². The Morgan fingerprint density at radius 2 is 1.92 bits per heavy atom. The second-order valence-corrected chi connectivity index (χ2v) is 6.50. The van der Waals surface area contributed by atoms with Gasteiger partial charge < -0.3 is 20.3 Å². The lowest BCUT2D eigenvalue weighted by atomic mass is 10.1. The highest BCUT2D eigenvalue weighted by atomic mass is 16.6. The molecule has 0 radical (unpaired) electrons. The van der Waals surface area contributed by atoms with E-state index in [2.05, 4.69) is 36.6 Å². The summed E-state index contributed by atoms with van der Waals surface area (Å²) >= 11 is 0. The van der Waals surface area contributed by atoms with Crippen LogP contribution in [0.1, 0.15) is 37.3 Å². The lowest BCUT2D eigenvalue weighted by Crippen LogP contribution is -2.46. The van der Waals surface area contributed by atoms with Crippen LogP contribution in [0, 0.1) is 13.8 Å². The van der Waals surface area contributed by atoms with Crippen LogP contribution >= 0.6 is 0 Å². The fraction of sp³-hybridized carbons (Fsp3) is 0.579. The van der Waals surface area contributed by atoms with Crippen molar-refractivity contribution in [2.75, 3.05) is 31.6 Å². The number of rotatable bonds is 6. The van der Waals surface area contributed by atoms with Crippen molar-refractivity contribution in [1.82, 2.24) is 10.2 Å². The average Bonchev–Trinajstić information content (AvgIpc) is 2.59. The maximum absolute atomic E-state index is 12.1. The Bertz CT molecular complexity index is 596. The highest BCUT2D eigenvalue weighted by Crippen LogP contribution is 2.14. The molecule has 0 spiro atoms. The van der Waals surface area contributed by atoms with Crippen molar-refractivity contribution >= 4 is 17.7 Å². The van der Waals surface area contributed by atoms with Gasteiger partial charge >= 0.3 is 6.09 Å². The van der Waals surface area contributed by atoms with E-state index in [4.69, 9.17) is 4.74 Å². The SMILES string of the molecule is CCOC(=O)N1CCC(NC(=O)CCNc2ccc(C)c(C)c2)CC1. The van der Waals surface area contributed by atoms with Crippen molar-refractivity contribution < 1.29 is 14.3 Å². The number of piperidine rings is 1. The summed E-state index contributed by atoms with van der Waals surface area (Å²) in [5.74, 6) is 0.0471. The number of amides is 2. The molecule has 0 aromatic heterocycles. The topological polar surface area (TPSA) is 70.7 Å². The van der Waals surface area contributed by atoms with Crippen molar-refractivity contribution in [2.24, 2.45) is 0 Å². The smallest absolute Gasteiger partial charge is 0.409 e. The van der Waals surface area contributed by atoms with Gasteiger partial charge in [-0.15, -0.1) is 0 Å². The molecular formula is C19H29N3O3. The normalized spacial score (nSPS) is 14.9. The highest BCUT2D eigenvalue weighted by molar-refractivity contribution is 5.77. The quantitative estimate of drug-likeness (QED) is 0.830. The summed E-state index contributed by atoms with van der Waals surface area (Å²) in [7, 11) is 0. The summed E-state index contributed by atoms with van der Waals surface area (Å²) in [5, 5.41) is 6.35. The Kier molecular flexibility index (Phi) is 7.10. The summed E-state index contributed by atoms with van der Waals surface area (Å²) in [5.41, 5.74) is 3.54. The molecule has 1 fully saturated rings. The number of ether oxygens (including phenoxy) is 1. The zero-order chi connectivity index (χ0) is 18.2. The molecule has 0 aliphatic carbocycles. The van der Waals surface area contributed by atoms with Gasteiger partial charge in [0.1, 0.15) is 0 Å². The van der Waals surface area contributed by atoms with Gasteiger partial charge in [-0.1, -0.05) is 6.07 Å². The van der Waals surface area contributed by atoms with Crippen LogP contribution in [0.4, 0.5) is 10.5 Å². The number of carbonyl (C=O) groups excluding carboxylic acids is 2. The standard InChI is InChI=1S/C19H29N3O3/c1-4-25-19(24)22-11-8-16(9-12-22)21-18(23)7-10-20-17-6-5-14(2)15(3)13-17/h5-6,13,16,20H,4,7-12H2,1-3H3,(H,21,23). The third-order valence-corrected chi connectivity index (χ3v) is 4.57. The Hall–Kier alpha value is -2.24. The van der Waals surface area contributed by atoms with E-state index in [1.54, 1.807) is 11.8 Å². The zero-order valence-corrected chi connectivity index (χ0v) is 15.4. The molecule has 0 saturated carbocycles. The van der Waals surface area contributed by atoms with Gasteiger partial charge in [-0.3, -0.25) is 4.79 Å². The van der Waals surface area contributed by atoms with Crippen LogP contribution in [-0.4, -0.2) is 49.2 Å². The molecular weight excluding hydrogens is 318 g/mol. The van der Waals surface area contributed by atoms with Gasteiger partial charge in [0, 0.05) is 37.8 Å². The molecule has 2 N–H and O–H groups in total. The first kappa shape index (κ1) is 19.1. The van der Waals surface area contributed by atoms with Crippen LogP contribution in [0.2, 0.25) is 0 Å². The third-order valence-electron chi connectivity index (χ3n) is 4.57. The fourth-order valence-corrected chi connectivity index (χ4v) is 2.89. The number of likely N-dealkylation sites (tertiary alicyclic amines) is 1. The lowest BCUT2D eigenvalue weighted by Gasteiger charge is -2.31. The summed E-state index contributed by atoms with van der Waals surface area (Å²) in [6, 6.07) is 6.35. The first-order chi connectivity index (χ1) is 12.0. The minimum Gasteiger partial charge on any atom is -0.450 e. The van der Waals surface area contributed by atoms with E-state index in [1.807, 2.05) is 6.07 Å². The third kappa shape index (κ3) is 5.96. The number of nitrogens with zero attached hydrogens (tertiary/aromatic N) is 1. The van der Waals surface area contributed by atoms with Gasteiger partial charge in [-0.05, 0) is 56.9 Å². The number of nitrogens with one attached hydrogen (secondary N) is 2.